The number of benzene rings is 2. The minimum atomic E-state index is -0.910. The number of nitrogens with zero attached hydrogens (tertiary/aromatic N) is 2. The van der Waals surface area contributed by atoms with Gasteiger partial charge in [-0.05, 0) is 43.5 Å². The predicted molar refractivity (Wildman–Crippen MR) is 162 cm³/mol. The van der Waals surface area contributed by atoms with Gasteiger partial charge in [0.25, 0.3) is 11.7 Å². The fourth-order valence-electron chi connectivity index (χ4n) is 4.00. The third-order valence-corrected chi connectivity index (χ3v) is 6.88. The van der Waals surface area contributed by atoms with Gasteiger partial charge in [-0.25, -0.2) is 4.98 Å². The maximum absolute atomic E-state index is 12.4. The largest absolute Gasteiger partial charge is 0.691 e. The van der Waals surface area contributed by atoms with Gasteiger partial charge in [-0.2, -0.15) is 9.76 Å². The molecular weight excluding hydrogens is 606 g/mol. The fourth-order valence-corrected chi connectivity index (χ4v) is 4.45. The lowest BCUT2D eigenvalue weighted by atomic mass is 10.1. The van der Waals surface area contributed by atoms with Crippen LogP contribution in [0.25, 0.3) is 0 Å². The third-order valence-electron chi connectivity index (χ3n) is 6.21. The first-order chi connectivity index (χ1) is 21.9. The molecule has 0 aliphatic carbocycles. The number of nitrogens with two attached hydrogens (primary N) is 1. The molecule has 5 N–H and O–H groups in total. The van der Waals surface area contributed by atoms with Gasteiger partial charge in [-0.1, -0.05) is 29.4 Å². The topological polar surface area (TPSA) is 197 Å². The third kappa shape index (κ3) is 12.5. The van der Waals surface area contributed by atoms with Gasteiger partial charge in [-0.3, -0.25) is 19.4 Å². The van der Waals surface area contributed by atoms with E-state index in [1.165, 1.54) is 18.7 Å². The number of carboxylic acid groups (broad SMARTS) is 1. The number of pyridine rings is 1. The average molecular weight is 642 g/mol. The lowest BCUT2D eigenvalue weighted by molar-refractivity contribution is -0.777. The predicted octanol–water partition coefficient (Wildman–Crippen LogP) is 1.66. The van der Waals surface area contributed by atoms with Crippen molar-refractivity contribution in [1.82, 2.24) is 15.6 Å². The summed E-state index contributed by atoms with van der Waals surface area (Å²) in [6.45, 7) is 1.06. The van der Waals surface area contributed by atoms with E-state index in [0.717, 1.165) is 12.0 Å². The smallest absolute Gasteiger partial charge is 0.303 e. The summed E-state index contributed by atoms with van der Waals surface area (Å²) >= 11 is 0.774. The first kappa shape index (κ1) is 34.9. The molecule has 0 atom stereocenters. The van der Waals surface area contributed by atoms with Gasteiger partial charge in [0.2, 0.25) is 5.91 Å². The van der Waals surface area contributed by atoms with E-state index in [1.807, 2.05) is 6.07 Å². The number of carbonyl (C=O) groups excluding carboxylic acids is 2. The number of carbonyl (C=O) groups is 3. The molecule has 0 fully saturated rings. The molecule has 0 aliphatic heterocycles. The Bertz CT molecular complexity index is 1420. The molecule has 14 nitrogen and oxygen atoms in total. The molecule has 1 heterocycles. The zero-order chi connectivity index (χ0) is 32.3. The van der Waals surface area contributed by atoms with Crippen molar-refractivity contribution in [2.24, 2.45) is 5.10 Å². The summed E-state index contributed by atoms with van der Waals surface area (Å²) in [7, 11) is 1.52. The second-order valence-corrected chi connectivity index (χ2v) is 10.1. The van der Waals surface area contributed by atoms with Crippen LogP contribution in [0, 0.1) is 0 Å². The molecule has 0 bridgehead atoms. The number of hydrogen-bond donors (Lipinski definition) is 4. The summed E-state index contributed by atoms with van der Waals surface area (Å²) in [5, 5.41) is 32.3. The summed E-state index contributed by atoms with van der Waals surface area (Å²) in [6, 6.07) is 15.7. The van der Waals surface area contributed by atoms with Gasteiger partial charge in [-0.15, -0.1) is 0 Å². The molecular formula is C30H35N5O9S. The van der Waals surface area contributed by atoms with Gasteiger partial charge >= 0.3 is 5.97 Å². The van der Waals surface area contributed by atoms with E-state index in [2.05, 4.69) is 30.1 Å². The number of hydrogen-bond acceptors (Lipinski definition) is 11. The van der Waals surface area contributed by atoms with Crippen molar-refractivity contribution < 1.29 is 49.0 Å². The summed E-state index contributed by atoms with van der Waals surface area (Å²) < 4.78 is 15.5. The molecule has 0 radical (unpaired) electrons. The standard InChI is InChI=1S/C30H35N5O9S/c1-41-24-8-4-9-25(23(24)13-15-29(37)38)42-18-5-11-28(36)31-16-6-17-32-30(39)22-12-14-27(33-19-22)35-34-20-21-7-2-3-10-26(21)45-44-43-40/h2-4,7-10,12,14,19-20,40H,5-6,11,13,15-18H2,1H3,(H,31,36)(H,32,39)(H,33,35)(H,37,38)/b34-20+. The lowest BCUT2D eigenvalue weighted by Gasteiger charge is -2.14. The van der Waals surface area contributed by atoms with Gasteiger partial charge in [0.1, 0.15) is 11.5 Å². The van der Waals surface area contributed by atoms with E-state index in [-0.39, 0.29) is 37.7 Å². The molecule has 0 saturated heterocycles. The number of carboxylic acids is 1. The molecule has 0 aliphatic rings. The number of aliphatic carboxylic acids is 1. The highest BCUT2D eigenvalue weighted by Crippen LogP contribution is 2.30. The fraction of sp³-hybridized carbons (Fsp3) is 0.300. The zero-order valence-corrected chi connectivity index (χ0v) is 25.4. The molecule has 2 amide bonds. The van der Waals surface area contributed by atoms with Crippen LogP contribution in [0.1, 0.15) is 47.2 Å². The number of amides is 2. The number of aromatic nitrogens is 1. The Morgan fingerprint density at radius 3 is 2.58 bits per heavy atom. The first-order valence-electron chi connectivity index (χ1n) is 14.0. The number of ether oxygens (including phenoxy) is 2. The van der Waals surface area contributed by atoms with Crippen molar-refractivity contribution in [3.05, 3.63) is 77.5 Å². The Morgan fingerprint density at radius 1 is 1.02 bits per heavy atom. The van der Waals surface area contributed by atoms with Crippen LogP contribution < -0.4 is 30.8 Å². The Kier molecular flexibility index (Phi) is 15.3. The lowest BCUT2D eigenvalue weighted by Crippen LogP contribution is -2.71. The van der Waals surface area contributed by atoms with Crippen LogP contribution in [0.4, 0.5) is 5.82 Å². The van der Waals surface area contributed by atoms with Gasteiger partial charge in [0, 0.05) is 54.2 Å². The van der Waals surface area contributed by atoms with Crippen LogP contribution in [-0.2, 0) is 25.4 Å². The maximum atomic E-state index is 12.4. The van der Waals surface area contributed by atoms with Crippen LogP contribution in [0.15, 0.2) is 70.8 Å². The Labute approximate surface area is 264 Å². The highest BCUT2D eigenvalue weighted by molar-refractivity contribution is 7.94. The van der Waals surface area contributed by atoms with E-state index in [0.29, 0.717) is 64.8 Å². The molecule has 0 unspecified atom stereocenters. The quantitative estimate of drug-likeness (QED) is 0.0350. The Morgan fingerprint density at radius 2 is 1.82 bits per heavy atom. The molecule has 45 heavy (non-hydrogen) atoms. The number of rotatable bonds is 20. The Hall–Kier alpha value is -4.54. The first-order valence-corrected chi connectivity index (χ1v) is 14.8. The number of nitrogens with one attached hydrogen (secondary N) is 2. The second kappa shape index (κ2) is 19.7. The summed E-state index contributed by atoms with van der Waals surface area (Å²) in [5.41, 5.74) is 3.31. The van der Waals surface area contributed by atoms with E-state index >= 15 is 0 Å². The van der Waals surface area contributed by atoms with Crippen molar-refractivity contribution in [1.29, 1.82) is 0 Å². The molecule has 1 aromatic heterocycles. The Balaban J connectivity index is 1.30. The second-order valence-electron chi connectivity index (χ2n) is 9.38. The minimum absolute atomic E-state index is 0.0478. The summed E-state index contributed by atoms with van der Waals surface area (Å²) in [6.07, 6.45) is 4.54. The molecule has 15 heteroatoms. The average Bonchev–Trinajstić information content (AvgIpc) is 3.05. The number of methoxy groups -OCH3 is 1. The maximum Gasteiger partial charge on any atom is 0.303 e. The molecule has 2 aromatic carbocycles. The zero-order valence-electron chi connectivity index (χ0n) is 24.6. The molecule has 240 valence electrons. The molecule has 0 spiro atoms. The van der Waals surface area contributed by atoms with Crippen LogP contribution in [0.2, 0.25) is 0 Å². The molecule has 0 saturated carbocycles. The van der Waals surface area contributed by atoms with Crippen molar-refractivity contribution in [2.75, 3.05) is 26.8 Å². The van der Waals surface area contributed by atoms with E-state index in [4.69, 9.17) is 14.6 Å². The van der Waals surface area contributed by atoms with E-state index < -0.39 is 5.97 Å². The van der Waals surface area contributed by atoms with Crippen molar-refractivity contribution in [2.45, 2.75) is 37.0 Å². The monoisotopic (exact) mass is 641 g/mol. The number of quaternary nitrogens is 1. The van der Waals surface area contributed by atoms with Crippen LogP contribution in [-0.4, -0.2) is 60.9 Å². The van der Waals surface area contributed by atoms with Crippen LogP contribution in [0.3, 0.4) is 0 Å². The van der Waals surface area contributed by atoms with Crippen LogP contribution in [0.5, 0.6) is 11.5 Å². The van der Waals surface area contributed by atoms with Gasteiger partial charge < -0.3 is 30.5 Å². The van der Waals surface area contributed by atoms with Crippen molar-refractivity contribution in [3.63, 3.8) is 0 Å². The van der Waals surface area contributed by atoms with Gasteiger partial charge in [0.05, 0.1) is 37.5 Å². The summed E-state index contributed by atoms with van der Waals surface area (Å²) in [5.74, 6) is 0.320. The highest BCUT2D eigenvalue weighted by Gasteiger charge is 2.13. The highest BCUT2D eigenvalue weighted by atomic mass is 32.2. The van der Waals surface area contributed by atoms with Crippen molar-refractivity contribution >= 4 is 41.9 Å². The summed E-state index contributed by atoms with van der Waals surface area (Å²) in [4.78, 5) is 40.5. The van der Waals surface area contributed by atoms with E-state index in [9.17, 15) is 19.6 Å². The van der Waals surface area contributed by atoms with E-state index in [1.54, 1.807) is 54.7 Å². The van der Waals surface area contributed by atoms with Gasteiger partial charge in [0.15, 0.2) is 0 Å². The van der Waals surface area contributed by atoms with Crippen LogP contribution >= 0.6 is 12.0 Å². The minimum Gasteiger partial charge on any atom is -0.691 e. The molecule has 3 aromatic rings. The normalized spacial score (nSPS) is 10.9. The SMILES string of the molecule is COc1cccc(OCCCC(=O)NCCCNC(=O)c2ccc([NH2+]/N=C/c3ccccc3SOO[O-])nc2)c1CCC(=O)O. The molecule has 3 rings (SSSR count). The van der Waals surface area contributed by atoms with Crippen molar-refractivity contribution in [3.8, 4) is 11.5 Å².